The van der Waals surface area contributed by atoms with Crippen LogP contribution in [0.15, 0.2) is 18.2 Å². The average Bonchev–Trinajstić information content (AvgIpc) is 3.21. The van der Waals surface area contributed by atoms with Crippen molar-refractivity contribution >= 4 is 28.6 Å². The van der Waals surface area contributed by atoms with Crippen LogP contribution in [0, 0.1) is 0 Å². The number of imidazole rings is 1. The summed E-state index contributed by atoms with van der Waals surface area (Å²) in [5.41, 5.74) is 22.0. The van der Waals surface area contributed by atoms with Crippen LogP contribution in [0.3, 0.4) is 0 Å². The van der Waals surface area contributed by atoms with Crippen molar-refractivity contribution in [3.63, 3.8) is 0 Å². The zero-order valence-electron chi connectivity index (χ0n) is 20.0. The van der Waals surface area contributed by atoms with Gasteiger partial charge in [-0.15, -0.1) is 0 Å². The van der Waals surface area contributed by atoms with Gasteiger partial charge in [0.05, 0.1) is 12.8 Å². The normalized spacial score (nSPS) is 21.6. The molecular weight excluding hydrogens is 428 g/mol. The molecule has 0 atom stereocenters. The summed E-state index contributed by atoms with van der Waals surface area (Å²) in [4.78, 5) is 14.5. The minimum absolute atomic E-state index is 0.297. The summed E-state index contributed by atoms with van der Waals surface area (Å²) >= 11 is 0. The first kappa shape index (κ1) is 22.7. The van der Waals surface area contributed by atoms with E-state index < -0.39 is 0 Å². The zero-order valence-corrected chi connectivity index (χ0v) is 20.0. The summed E-state index contributed by atoms with van der Waals surface area (Å²) in [5.74, 6) is 2.59. The number of rotatable bonds is 6. The molecule has 7 N–H and O–H groups in total. The van der Waals surface area contributed by atoms with Crippen molar-refractivity contribution < 1.29 is 4.74 Å². The van der Waals surface area contributed by atoms with Crippen LogP contribution in [0.4, 0.5) is 17.5 Å². The smallest absolute Gasteiger partial charge is 0.226 e. The number of fused-ring (bicyclic) bond motifs is 1. The molecule has 0 spiro atoms. The van der Waals surface area contributed by atoms with Gasteiger partial charge in [0.25, 0.3) is 0 Å². The van der Waals surface area contributed by atoms with Crippen LogP contribution in [0.1, 0.15) is 75.2 Å². The van der Waals surface area contributed by atoms with E-state index in [-0.39, 0.29) is 0 Å². The van der Waals surface area contributed by atoms with Crippen LogP contribution in [0.5, 0.6) is 5.75 Å². The van der Waals surface area contributed by atoms with E-state index in [9.17, 15) is 0 Å². The van der Waals surface area contributed by atoms with E-state index in [0.29, 0.717) is 53.3 Å². The van der Waals surface area contributed by atoms with Crippen LogP contribution in [0.2, 0.25) is 0 Å². The molecule has 34 heavy (non-hydrogen) atoms. The Kier molecular flexibility index (Phi) is 6.45. The first-order valence-corrected chi connectivity index (χ1v) is 12.5. The molecule has 182 valence electrons. The Hall–Kier alpha value is -3.07. The standard InChI is InChI=1S/C25H36N8O/c1-34-19-9-5-6-15(21(19)27)14-20-30-22-23(28)31-25(29-17-12-10-16(26)11-13-17)32-24(22)33(20)18-7-3-2-4-8-18/h5-6,9,16-18H,2-4,7-8,10-14,26-27H2,1H3,(H3,28,29,31,32). The highest BCUT2D eigenvalue weighted by atomic mass is 16.5. The number of anilines is 3. The molecule has 9 nitrogen and oxygen atoms in total. The van der Waals surface area contributed by atoms with Gasteiger partial charge in [-0.05, 0) is 50.2 Å². The lowest BCUT2D eigenvalue weighted by Gasteiger charge is -2.27. The quantitative estimate of drug-likeness (QED) is 0.404. The van der Waals surface area contributed by atoms with Crippen molar-refractivity contribution in [3.8, 4) is 5.75 Å². The summed E-state index contributed by atoms with van der Waals surface area (Å²) < 4.78 is 7.73. The summed E-state index contributed by atoms with van der Waals surface area (Å²) in [6, 6.07) is 6.82. The van der Waals surface area contributed by atoms with E-state index >= 15 is 0 Å². The van der Waals surface area contributed by atoms with Crippen molar-refractivity contribution in [2.24, 2.45) is 5.73 Å². The lowest BCUT2D eigenvalue weighted by molar-refractivity contribution is 0.352. The molecule has 1 aromatic carbocycles. The Morgan fingerprint density at radius 1 is 1.00 bits per heavy atom. The third kappa shape index (κ3) is 4.49. The second-order valence-corrected chi connectivity index (χ2v) is 9.76. The number of para-hydroxylation sites is 1. The van der Waals surface area contributed by atoms with Gasteiger partial charge in [-0.3, -0.25) is 0 Å². The fourth-order valence-electron chi connectivity index (χ4n) is 5.49. The monoisotopic (exact) mass is 464 g/mol. The molecule has 2 aromatic heterocycles. The molecule has 2 aliphatic rings. The van der Waals surface area contributed by atoms with Gasteiger partial charge in [-0.2, -0.15) is 9.97 Å². The maximum Gasteiger partial charge on any atom is 0.226 e. The average molecular weight is 465 g/mol. The number of aromatic nitrogens is 4. The number of nitrogens with one attached hydrogen (secondary N) is 1. The van der Waals surface area contributed by atoms with E-state index in [1.54, 1.807) is 7.11 Å². The Balaban J connectivity index is 1.54. The number of methoxy groups -OCH3 is 1. The molecule has 0 aliphatic heterocycles. The fourth-order valence-corrected chi connectivity index (χ4v) is 5.49. The zero-order chi connectivity index (χ0) is 23.7. The van der Waals surface area contributed by atoms with Crippen molar-refractivity contribution in [2.75, 3.05) is 23.9 Å². The second-order valence-electron chi connectivity index (χ2n) is 9.76. The van der Waals surface area contributed by atoms with E-state index in [1.165, 1.54) is 19.3 Å². The van der Waals surface area contributed by atoms with Gasteiger partial charge in [0.15, 0.2) is 17.0 Å². The number of hydrogen-bond donors (Lipinski definition) is 4. The summed E-state index contributed by atoms with van der Waals surface area (Å²) in [7, 11) is 1.64. The first-order valence-electron chi connectivity index (χ1n) is 12.5. The molecule has 9 heteroatoms. The topological polar surface area (TPSA) is 143 Å². The van der Waals surface area contributed by atoms with Gasteiger partial charge >= 0.3 is 0 Å². The van der Waals surface area contributed by atoms with Crippen molar-refractivity contribution in [1.82, 2.24) is 19.5 Å². The molecule has 5 rings (SSSR count). The van der Waals surface area contributed by atoms with Gasteiger partial charge in [0.2, 0.25) is 5.95 Å². The molecule has 0 bridgehead atoms. The second kappa shape index (κ2) is 9.66. The van der Waals surface area contributed by atoms with E-state index in [1.807, 2.05) is 18.2 Å². The molecule has 3 aromatic rings. The highest BCUT2D eigenvalue weighted by Crippen LogP contribution is 2.35. The van der Waals surface area contributed by atoms with Gasteiger partial charge in [-0.1, -0.05) is 31.4 Å². The molecule has 2 heterocycles. The Morgan fingerprint density at radius 3 is 2.50 bits per heavy atom. The Labute approximate surface area is 200 Å². The number of nitrogens with two attached hydrogens (primary N) is 3. The molecule has 0 amide bonds. The van der Waals surface area contributed by atoms with Crippen LogP contribution >= 0.6 is 0 Å². The third-order valence-corrected chi connectivity index (χ3v) is 7.41. The van der Waals surface area contributed by atoms with Crippen molar-refractivity contribution in [2.45, 2.75) is 82.3 Å². The van der Waals surface area contributed by atoms with Crippen molar-refractivity contribution in [1.29, 1.82) is 0 Å². The molecular formula is C25H36N8O. The maximum atomic E-state index is 6.43. The van der Waals surface area contributed by atoms with E-state index in [0.717, 1.165) is 55.6 Å². The first-order chi connectivity index (χ1) is 16.5. The molecule has 2 aliphatic carbocycles. The summed E-state index contributed by atoms with van der Waals surface area (Å²) in [6.07, 6.45) is 10.6. The predicted octanol–water partition coefficient (Wildman–Crippen LogP) is 3.78. The van der Waals surface area contributed by atoms with Crippen LogP contribution in [-0.4, -0.2) is 38.7 Å². The third-order valence-electron chi connectivity index (χ3n) is 7.41. The summed E-state index contributed by atoms with van der Waals surface area (Å²) in [6.45, 7) is 0. The number of nitrogen functional groups attached to an aromatic ring is 2. The lowest BCUT2D eigenvalue weighted by Crippen LogP contribution is -2.33. The Bertz CT molecular complexity index is 1150. The largest absolute Gasteiger partial charge is 0.495 e. The van der Waals surface area contributed by atoms with Crippen molar-refractivity contribution in [3.05, 3.63) is 29.6 Å². The highest BCUT2D eigenvalue weighted by molar-refractivity contribution is 5.84. The van der Waals surface area contributed by atoms with Gasteiger partial charge in [0.1, 0.15) is 11.6 Å². The lowest BCUT2D eigenvalue weighted by atomic mass is 9.92. The minimum Gasteiger partial charge on any atom is -0.495 e. The predicted molar refractivity (Wildman–Crippen MR) is 136 cm³/mol. The number of hydrogen-bond acceptors (Lipinski definition) is 8. The van der Waals surface area contributed by atoms with Gasteiger partial charge in [0, 0.05) is 24.5 Å². The fraction of sp³-hybridized carbons (Fsp3) is 0.560. The van der Waals surface area contributed by atoms with E-state index in [4.69, 9.17) is 31.9 Å². The molecule has 0 unspecified atom stereocenters. The maximum absolute atomic E-state index is 6.43. The van der Waals surface area contributed by atoms with Crippen LogP contribution in [-0.2, 0) is 6.42 Å². The van der Waals surface area contributed by atoms with Gasteiger partial charge < -0.3 is 31.8 Å². The van der Waals surface area contributed by atoms with Gasteiger partial charge in [-0.25, -0.2) is 4.98 Å². The number of benzene rings is 1. The minimum atomic E-state index is 0.297. The molecule has 0 radical (unpaired) electrons. The molecule has 0 saturated heterocycles. The molecule has 2 fully saturated rings. The SMILES string of the molecule is COc1cccc(Cc2nc3c(N)nc(NC4CCC(N)CC4)nc3n2C2CCCCC2)c1N. The van der Waals surface area contributed by atoms with Crippen LogP contribution in [0.25, 0.3) is 11.2 Å². The Morgan fingerprint density at radius 2 is 1.76 bits per heavy atom. The van der Waals surface area contributed by atoms with E-state index in [2.05, 4.69) is 14.9 Å². The number of nitrogens with zero attached hydrogens (tertiary/aromatic N) is 4. The summed E-state index contributed by atoms with van der Waals surface area (Å²) in [5, 5.41) is 3.51. The van der Waals surface area contributed by atoms with Crippen LogP contribution < -0.4 is 27.3 Å². The highest BCUT2D eigenvalue weighted by Gasteiger charge is 2.26. The molecule has 2 saturated carbocycles. The number of ether oxygens (including phenoxy) is 1.